The predicted octanol–water partition coefficient (Wildman–Crippen LogP) is 2.36. The monoisotopic (exact) mass is 393 g/mol. The van der Waals surface area contributed by atoms with Crippen LogP contribution in [0.25, 0.3) is 28.3 Å². The summed E-state index contributed by atoms with van der Waals surface area (Å²) < 4.78 is 1.75. The van der Waals surface area contributed by atoms with Crippen molar-refractivity contribution in [3.8, 4) is 22.6 Å². The Balaban J connectivity index is 1.56. The summed E-state index contributed by atoms with van der Waals surface area (Å²) in [4.78, 5) is 17.3. The molecule has 2 N–H and O–H groups in total. The zero-order valence-corrected chi connectivity index (χ0v) is 16.8. The van der Waals surface area contributed by atoms with E-state index in [1.165, 1.54) is 5.46 Å². The maximum Gasteiger partial charge on any atom is 0.155 e. The quantitative estimate of drug-likeness (QED) is 0.448. The van der Waals surface area contributed by atoms with E-state index in [0.717, 1.165) is 45.5 Å². The molecule has 0 radical (unpaired) electrons. The van der Waals surface area contributed by atoms with Crippen molar-refractivity contribution in [2.45, 2.75) is 13.5 Å². The lowest BCUT2D eigenvalue weighted by atomic mass is 9.94. The Morgan fingerprint density at radius 2 is 1.93 bits per heavy atom. The van der Waals surface area contributed by atoms with Crippen LogP contribution in [0.5, 0.6) is 0 Å². The van der Waals surface area contributed by atoms with E-state index in [2.05, 4.69) is 40.4 Å². The summed E-state index contributed by atoms with van der Waals surface area (Å²) in [5.41, 5.74) is 7.58. The number of hydrogen-bond donors (Lipinski definition) is 2. The summed E-state index contributed by atoms with van der Waals surface area (Å²) in [6.07, 6.45) is 3.49. The van der Waals surface area contributed by atoms with Crippen LogP contribution in [-0.2, 0) is 6.54 Å². The van der Waals surface area contributed by atoms with Crippen molar-refractivity contribution < 1.29 is 0 Å². The lowest BCUT2D eigenvalue weighted by Gasteiger charge is -2.07. The Morgan fingerprint density at radius 3 is 2.80 bits per heavy atom. The Morgan fingerprint density at radius 1 is 1.03 bits per heavy atom. The highest BCUT2D eigenvalue weighted by atomic mass is 15.3. The molecule has 5 aromatic rings. The Hall–Kier alpha value is -3.94. The van der Waals surface area contributed by atoms with Gasteiger partial charge in [-0.25, -0.2) is 14.5 Å². The summed E-state index contributed by atoms with van der Waals surface area (Å²) in [6.45, 7) is 2.57. The highest BCUT2D eigenvalue weighted by molar-refractivity contribution is 6.35. The van der Waals surface area contributed by atoms with Gasteiger partial charge in [-0.1, -0.05) is 29.7 Å². The number of pyridine rings is 2. The molecule has 1 aromatic carbocycles. The van der Waals surface area contributed by atoms with E-state index >= 15 is 0 Å². The molecule has 0 spiro atoms. The highest BCUT2D eigenvalue weighted by Crippen LogP contribution is 2.29. The molecule has 5 rings (SSSR count). The highest BCUT2D eigenvalue weighted by Gasteiger charge is 2.16. The van der Waals surface area contributed by atoms with E-state index < -0.39 is 0 Å². The van der Waals surface area contributed by atoms with Crippen molar-refractivity contribution in [1.82, 2.24) is 29.5 Å². The minimum atomic E-state index is 0.579. The van der Waals surface area contributed by atoms with Crippen LogP contribution in [0.2, 0.25) is 0 Å². The normalized spacial score (nSPS) is 11.1. The minimum absolute atomic E-state index is 0.579. The second-order valence-corrected chi connectivity index (χ2v) is 7.22. The number of aryl methyl sites for hydroxylation is 1. The minimum Gasteiger partial charge on any atom is -0.378 e. The zero-order chi connectivity index (χ0) is 20.5. The fourth-order valence-corrected chi connectivity index (χ4v) is 3.49. The first-order valence-corrected chi connectivity index (χ1v) is 9.79. The van der Waals surface area contributed by atoms with E-state index in [-0.39, 0.29) is 0 Å². The van der Waals surface area contributed by atoms with Gasteiger partial charge in [-0.3, -0.25) is 4.98 Å². The molecule has 8 heteroatoms. The van der Waals surface area contributed by atoms with E-state index in [1.807, 2.05) is 55.6 Å². The van der Waals surface area contributed by atoms with Crippen molar-refractivity contribution >= 4 is 24.6 Å². The van der Waals surface area contributed by atoms with Crippen molar-refractivity contribution in [3.63, 3.8) is 0 Å². The molecule has 0 aliphatic heterocycles. The molecule has 0 fully saturated rings. The topological polar surface area (TPSA) is 83.8 Å². The molecule has 30 heavy (non-hydrogen) atoms. The van der Waals surface area contributed by atoms with Gasteiger partial charge in [-0.05, 0) is 37.3 Å². The summed E-state index contributed by atoms with van der Waals surface area (Å²) in [7, 11) is 2.09. The third-order valence-electron chi connectivity index (χ3n) is 5.04. The number of nitrogens with zero attached hydrogens (tertiary/aromatic N) is 5. The van der Waals surface area contributed by atoms with Crippen LogP contribution in [0, 0.1) is 6.92 Å². The third kappa shape index (κ3) is 3.43. The van der Waals surface area contributed by atoms with Gasteiger partial charge >= 0.3 is 0 Å². The first-order chi connectivity index (χ1) is 14.7. The van der Waals surface area contributed by atoms with Crippen molar-refractivity contribution in [2.75, 3.05) is 5.32 Å². The van der Waals surface area contributed by atoms with Gasteiger partial charge in [-0.2, -0.15) is 5.10 Å². The molecule has 0 aliphatic rings. The Kier molecular flexibility index (Phi) is 4.51. The largest absolute Gasteiger partial charge is 0.378 e. The lowest BCUT2D eigenvalue weighted by Crippen LogP contribution is -2.12. The number of aromatic nitrogens is 6. The number of H-pyrrole nitrogens is 1. The molecular formula is C22H20BN7. The average Bonchev–Trinajstić information content (AvgIpc) is 3.39. The smallest absolute Gasteiger partial charge is 0.155 e. The maximum absolute atomic E-state index is 4.90. The maximum atomic E-state index is 4.90. The van der Waals surface area contributed by atoms with Gasteiger partial charge in [0.05, 0.1) is 23.6 Å². The number of rotatable bonds is 5. The second-order valence-electron chi connectivity index (χ2n) is 7.22. The molecule has 0 saturated carbocycles. The molecule has 0 aliphatic carbocycles. The van der Waals surface area contributed by atoms with Gasteiger partial charge in [0.15, 0.2) is 5.65 Å². The summed E-state index contributed by atoms with van der Waals surface area (Å²) in [5.74, 6) is 0.838. The molecule has 0 saturated heterocycles. The van der Waals surface area contributed by atoms with Crippen molar-refractivity contribution in [3.05, 3.63) is 78.6 Å². The molecule has 0 unspecified atom stereocenters. The first kappa shape index (κ1) is 18.1. The van der Waals surface area contributed by atoms with Gasteiger partial charge in [0.2, 0.25) is 0 Å². The van der Waals surface area contributed by atoms with Crippen LogP contribution in [0.15, 0.2) is 67.1 Å². The molecule has 146 valence electrons. The van der Waals surface area contributed by atoms with E-state index in [0.29, 0.717) is 6.54 Å². The Labute approximate surface area is 174 Å². The molecule has 4 heterocycles. The van der Waals surface area contributed by atoms with Crippen LogP contribution in [0.4, 0.5) is 5.69 Å². The lowest BCUT2D eigenvalue weighted by molar-refractivity contribution is 0.960. The van der Waals surface area contributed by atoms with Crippen LogP contribution >= 0.6 is 0 Å². The van der Waals surface area contributed by atoms with Crippen LogP contribution < -0.4 is 10.8 Å². The predicted molar refractivity (Wildman–Crippen MR) is 120 cm³/mol. The molecular weight excluding hydrogens is 373 g/mol. The molecule has 4 aromatic heterocycles. The number of hydrogen-bond acceptors (Lipinski definition) is 5. The summed E-state index contributed by atoms with van der Waals surface area (Å²) >= 11 is 0. The number of aromatic amines is 1. The van der Waals surface area contributed by atoms with Crippen LogP contribution in [0.3, 0.4) is 0 Å². The van der Waals surface area contributed by atoms with Gasteiger partial charge in [-0.15, -0.1) is 0 Å². The number of nitrogens with one attached hydrogen (secondary N) is 2. The number of benzene rings is 1. The summed E-state index contributed by atoms with van der Waals surface area (Å²) in [5, 5.41) is 7.72. The first-order valence-electron chi connectivity index (χ1n) is 9.79. The van der Waals surface area contributed by atoms with Crippen molar-refractivity contribution in [1.29, 1.82) is 0 Å². The molecule has 7 nitrogen and oxygen atoms in total. The number of anilines is 1. The van der Waals surface area contributed by atoms with Gasteiger partial charge in [0.1, 0.15) is 20.0 Å². The van der Waals surface area contributed by atoms with Gasteiger partial charge in [0.25, 0.3) is 0 Å². The number of para-hydroxylation sites is 1. The van der Waals surface area contributed by atoms with E-state index in [4.69, 9.17) is 9.97 Å². The van der Waals surface area contributed by atoms with Crippen LogP contribution in [0.1, 0.15) is 11.5 Å². The van der Waals surface area contributed by atoms with Gasteiger partial charge in [0, 0.05) is 23.1 Å². The van der Waals surface area contributed by atoms with Gasteiger partial charge < -0.3 is 10.3 Å². The second kappa shape index (κ2) is 7.48. The van der Waals surface area contributed by atoms with E-state index in [9.17, 15) is 0 Å². The molecule has 0 bridgehead atoms. The number of fused-ring (bicyclic) bond motifs is 1. The molecule has 0 amide bonds. The molecule has 0 atom stereocenters. The Bertz CT molecular complexity index is 1340. The zero-order valence-electron chi connectivity index (χ0n) is 16.8. The van der Waals surface area contributed by atoms with E-state index in [1.54, 1.807) is 10.8 Å². The third-order valence-corrected chi connectivity index (χ3v) is 5.04. The average molecular weight is 393 g/mol. The van der Waals surface area contributed by atoms with Crippen molar-refractivity contribution in [2.24, 2.45) is 0 Å². The van der Waals surface area contributed by atoms with Crippen LogP contribution in [-0.4, -0.2) is 37.4 Å². The standard InChI is InChI=1S/C22H20BN7/c1-14-5-4-8-18(27-14)22-21(15-9-10-20-25-13-26-30(20)12-15)28-19(29-22)11-24-17-7-3-2-6-16(17)23/h2-10,12-13,24H,11,23H2,1H3,(H,28,29). The summed E-state index contributed by atoms with van der Waals surface area (Å²) in [6, 6.07) is 18.2. The number of imidazole rings is 1. The fraction of sp³-hybridized carbons (Fsp3) is 0.0909. The SMILES string of the molecule is Bc1ccccc1NCc1nc(-c2ccc3ncnn3c2)c(-c2cccc(C)n2)[nH]1. The fourth-order valence-electron chi connectivity index (χ4n) is 3.49.